The van der Waals surface area contributed by atoms with E-state index in [1.165, 1.54) is 29.8 Å². The van der Waals surface area contributed by atoms with Crippen molar-refractivity contribution in [2.45, 2.75) is 62.7 Å². The molecule has 0 radical (unpaired) electrons. The molecule has 2 aliphatic heterocycles. The molecule has 2 aromatic rings. The van der Waals surface area contributed by atoms with E-state index in [9.17, 15) is 22.8 Å². The van der Waals surface area contributed by atoms with Crippen LogP contribution in [0.4, 0.5) is 13.2 Å². The normalized spacial score (nSPS) is 23.7. The molecule has 3 heterocycles. The van der Waals surface area contributed by atoms with E-state index in [-0.39, 0.29) is 36.0 Å². The standard InChI is InChI=1S/C27H32F3N5O2S/c1-18-16-23(27(28,29)30)32-35(18)17-24(36)34-13-10-20(11-14-34)26(31-12-15-38-26)25(37)33(2)22-9-5-7-19-6-3-4-8-21(19)22/h3-4,6,8,12,15-16,20,22,31H,5,7,9-11,13-14,17H2,1-2H3/t22-,26?/m1/s1. The van der Waals surface area contributed by atoms with Crippen molar-refractivity contribution >= 4 is 23.6 Å². The summed E-state index contributed by atoms with van der Waals surface area (Å²) in [5.74, 6) is -0.251. The maximum atomic E-state index is 14.1. The molecule has 1 aromatic carbocycles. The second-order valence-electron chi connectivity index (χ2n) is 10.3. The van der Waals surface area contributed by atoms with Gasteiger partial charge in [-0.2, -0.15) is 18.3 Å². The summed E-state index contributed by atoms with van der Waals surface area (Å²) in [4.78, 5) is 29.7. The Kier molecular flexibility index (Phi) is 7.23. The number of aryl methyl sites for hydroxylation is 2. The lowest BCUT2D eigenvalue weighted by molar-refractivity contribution is -0.142. The van der Waals surface area contributed by atoms with E-state index in [4.69, 9.17) is 0 Å². The average molecular weight is 548 g/mol. The first-order valence-corrected chi connectivity index (χ1v) is 13.8. The number of piperidine rings is 1. The van der Waals surface area contributed by atoms with Crippen molar-refractivity contribution in [1.82, 2.24) is 24.9 Å². The first-order chi connectivity index (χ1) is 18.1. The van der Waals surface area contributed by atoms with E-state index < -0.39 is 16.7 Å². The number of halogens is 3. The summed E-state index contributed by atoms with van der Waals surface area (Å²) in [6.07, 6.45) is 1.47. The Hall–Kier alpha value is -2.95. The Labute approximate surface area is 224 Å². The summed E-state index contributed by atoms with van der Waals surface area (Å²) >= 11 is 1.49. The minimum Gasteiger partial charge on any atom is -0.368 e. The van der Waals surface area contributed by atoms with E-state index in [2.05, 4.69) is 22.5 Å². The number of aromatic nitrogens is 2. The number of likely N-dealkylation sites (N-methyl/N-ethyl adjacent to an activating group) is 1. The molecule has 204 valence electrons. The molecule has 1 fully saturated rings. The number of alkyl halides is 3. The Bertz CT molecular complexity index is 1230. The highest BCUT2D eigenvalue weighted by Crippen LogP contribution is 2.44. The molecule has 1 aliphatic carbocycles. The molecular weight excluding hydrogens is 515 g/mol. The summed E-state index contributed by atoms with van der Waals surface area (Å²) < 4.78 is 40.1. The number of nitrogens with one attached hydrogen (secondary N) is 1. The van der Waals surface area contributed by atoms with Crippen LogP contribution in [0.25, 0.3) is 0 Å². The van der Waals surface area contributed by atoms with Crippen LogP contribution >= 0.6 is 11.8 Å². The topological polar surface area (TPSA) is 70.5 Å². The van der Waals surface area contributed by atoms with Gasteiger partial charge in [0.15, 0.2) is 10.6 Å². The number of benzene rings is 1. The van der Waals surface area contributed by atoms with Crippen molar-refractivity contribution in [1.29, 1.82) is 0 Å². The van der Waals surface area contributed by atoms with Crippen molar-refractivity contribution in [3.63, 3.8) is 0 Å². The van der Waals surface area contributed by atoms with E-state index in [0.717, 1.165) is 30.0 Å². The zero-order valence-electron chi connectivity index (χ0n) is 21.5. The van der Waals surface area contributed by atoms with Crippen LogP contribution in [0.2, 0.25) is 0 Å². The first kappa shape index (κ1) is 26.6. The van der Waals surface area contributed by atoms with Crippen molar-refractivity contribution in [2.75, 3.05) is 20.1 Å². The van der Waals surface area contributed by atoms with Gasteiger partial charge >= 0.3 is 6.18 Å². The van der Waals surface area contributed by atoms with Crippen molar-refractivity contribution in [3.8, 4) is 0 Å². The van der Waals surface area contributed by atoms with Gasteiger partial charge < -0.3 is 15.1 Å². The maximum absolute atomic E-state index is 14.1. The largest absolute Gasteiger partial charge is 0.435 e. The quantitative estimate of drug-likeness (QED) is 0.598. The summed E-state index contributed by atoms with van der Waals surface area (Å²) in [7, 11) is 1.89. The van der Waals surface area contributed by atoms with Crippen LogP contribution in [0.15, 0.2) is 41.9 Å². The molecule has 1 unspecified atom stereocenters. The second-order valence-corrected chi connectivity index (χ2v) is 11.5. The fourth-order valence-corrected chi connectivity index (χ4v) is 7.10. The highest BCUT2D eigenvalue weighted by Gasteiger charge is 2.50. The van der Waals surface area contributed by atoms with Gasteiger partial charge in [-0.15, -0.1) is 0 Å². The van der Waals surface area contributed by atoms with Crippen molar-refractivity contribution in [3.05, 3.63) is 64.5 Å². The van der Waals surface area contributed by atoms with E-state index in [1.54, 1.807) is 4.90 Å². The van der Waals surface area contributed by atoms with Crippen molar-refractivity contribution < 1.29 is 22.8 Å². The predicted octanol–water partition coefficient (Wildman–Crippen LogP) is 4.49. The zero-order valence-corrected chi connectivity index (χ0v) is 22.3. The van der Waals surface area contributed by atoms with Crippen LogP contribution < -0.4 is 5.32 Å². The number of thioether (sulfide) groups is 1. The van der Waals surface area contributed by atoms with Gasteiger partial charge in [0.1, 0.15) is 6.54 Å². The van der Waals surface area contributed by atoms with Crippen LogP contribution in [0.5, 0.6) is 0 Å². The van der Waals surface area contributed by atoms with Crippen LogP contribution in [0.1, 0.15) is 54.2 Å². The highest BCUT2D eigenvalue weighted by atomic mass is 32.2. The van der Waals surface area contributed by atoms with Gasteiger partial charge in [0.25, 0.3) is 5.91 Å². The minimum atomic E-state index is -4.55. The molecule has 38 heavy (non-hydrogen) atoms. The van der Waals surface area contributed by atoms with E-state index >= 15 is 0 Å². The molecule has 1 saturated heterocycles. The number of carbonyl (C=O) groups is 2. The molecule has 2 amide bonds. The van der Waals surface area contributed by atoms with E-state index in [0.29, 0.717) is 25.9 Å². The third-order valence-electron chi connectivity index (χ3n) is 8.04. The molecular formula is C27H32F3N5O2S. The molecule has 0 saturated carbocycles. The number of carbonyl (C=O) groups excluding carboxylic acids is 2. The number of rotatable bonds is 5. The smallest absolute Gasteiger partial charge is 0.368 e. The summed E-state index contributed by atoms with van der Waals surface area (Å²) in [6, 6.07) is 9.30. The molecule has 1 N–H and O–H groups in total. The third kappa shape index (κ3) is 4.92. The summed E-state index contributed by atoms with van der Waals surface area (Å²) in [5.41, 5.74) is 1.80. The fourth-order valence-electron chi connectivity index (χ4n) is 5.94. The molecule has 0 bridgehead atoms. The number of hydrogen-bond acceptors (Lipinski definition) is 5. The second kappa shape index (κ2) is 10.3. The monoisotopic (exact) mass is 547 g/mol. The lowest BCUT2D eigenvalue weighted by Crippen LogP contribution is -2.59. The van der Waals surface area contributed by atoms with Gasteiger partial charge in [-0.3, -0.25) is 14.3 Å². The molecule has 5 rings (SSSR count). The predicted molar refractivity (Wildman–Crippen MR) is 139 cm³/mol. The number of likely N-dealkylation sites (tertiary alicyclic amines) is 1. The Morgan fingerprint density at radius 3 is 2.61 bits per heavy atom. The third-order valence-corrected chi connectivity index (χ3v) is 9.31. The van der Waals surface area contributed by atoms with Gasteiger partial charge in [0.2, 0.25) is 5.91 Å². The Morgan fingerprint density at radius 2 is 1.95 bits per heavy atom. The molecule has 7 nitrogen and oxygen atoms in total. The summed E-state index contributed by atoms with van der Waals surface area (Å²) in [6.45, 7) is 2.13. The maximum Gasteiger partial charge on any atom is 0.435 e. The SMILES string of the molecule is Cc1cc(C(F)(F)F)nn1CC(=O)N1CCC(C2(C(=O)N(C)[C@@H]3CCCc4ccccc43)NC=CS2)CC1. The first-order valence-electron chi connectivity index (χ1n) is 12.9. The Balaban J connectivity index is 1.25. The fraction of sp³-hybridized carbons (Fsp3) is 0.519. The van der Waals surface area contributed by atoms with Crippen LogP contribution in [0, 0.1) is 12.8 Å². The molecule has 1 aromatic heterocycles. The lowest BCUT2D eigenvalue weighted by Gasteiger charge is -2.44. The van der Waals surface area contributed by atoms with Gasteiger partial charge in [-0.25, -0.2) is 0 Å². The Morgan fingerprint density at radius 1 is 1.21 bits per heavy atom. The summed E-state index contributed by atoms with van der Waals surface area (Å²) in [5, 5.41) is 8.85. The van der Waals surface area contributed by atoms with Crippen LogP contribution in [-0.2, 0) is 28.7 Å². The van der Waals surface area contributed by atoms with Gasteiger partial charge in [0, 0.05) is 37.9 Å². The number of hydrogen-bond donors (Lipinski definition) is 1. The van der Waals surface area contributed by atoms with Crippen LogP contribution in [0.3, 0.4) is 0 Å². The van der Waals surface area contributed by atoms with Gasteiger partial charge in [-0.1, -0.05) is 36.0 Å². The highest BCUT2D eigenvalue weighted by molar-refractivity contribution is 8.04. The lowest BCUT2D eigenvalue weighted by atomic mass is 9.84. The van der Waals surface area contributed by atoms with E-state index in [1.807, 2.05) is 35.7 Å². The number of fused-ring (bicyclic) bond motifs is 1. The van der Waals surface area contributed by atoms with Crippen LogP contribution in [-0.4, -0.2) is 56.4 Å². The number of amides is 2. The molecule has 3 aliphatic rings. The van der Waals surface area contributed by atoms with Gasteiger partial charge in [-0.05, 0) is 61.6 Å². The molecule has 11 heteroatoms. The van der Waals surface area contributed by atoms with Crippen molar-refractivity contribution in [2.24, 2.45) is 5.92 Å². The zero-order chi connectivity index (χ0) is 27.1. The average Bonchev–Trinajstić information content (AvgIpc) is 3.55. The number of nitrogens with zero attached hydrogens (tertiary/aromatic N) is 4. The minimum absolute atomic E-state index is 0.0106. The molecule has 2 atom stereocenters. The molecule has 0 spiro atoms. The van der Waals surface area contributed by atoms with Gasteiger partial charge in [0.05, 0.1) is 6.04 Å².